The molecule has 2 heteroatoms. The van der Waals surface area contributed by atoms with Gasteiger partial charge in [-0.15, -0.1) is 6.58 Å². The molecule has 0 aliphatic carbocycles. The van der Waals surface area contributed by atoms with E-state index < -0.39 is 5.60 Å². The molecule has 0 heterocycles. The van der Waals surface area contributed by atoms with Crippen molar-refractivity contribution in [3.8, 4) is 0 Å². The zero-order chi connectivity index (χ0) is 10.6. The predicted octanol–water partition coefficient (Wildman–Crippen LogP) is 2.20. The van der Waals surface area contributed by atoms with Crippen molar-refractivity contribution in [2.45, 2.75) is 18.9 Å². The van der Waals surface area contributed by atoms with Gasteiger partial charge in [-0.3, -0.25) is 4.79 Å². The van der Waals surface area contributed by atoms with Crippen molar-refractivity contribution in [2.24, 2.45) is 0 Å². The molecule has 14 heavy (non-hydrogen) atoms. The van der Waals surface area contributed by atoms with Gasteiger partial charge in [-0.25, -0.2) is 0 Å². The summed E-state index contributed by atoms with van der Waals surface area (Å²) in [4.78, 5) is 11.8. The average Bonchev–Trinajstić information content (AvgIpc) is 2.18. The van der Waals surface area contributed by atoms with Gasteiger partial charge >= 0.3 is 0 Å². The fraction of sp³-hybridized carbons (Fsp3) is 0.250. The normalized spacial score (nSPS) is 14.4. The number of rotatable bonds is 4. The number of hydrogen-bond donors (Lipinski definition) is 1. The van der Waals surface area contributed by atoms with Gasteiger partial charge in [0.15, 0.2) is 5.78 Å². The molecule has 0 spiro atoms. The smallest absolute Gasteiger partial charge is 0.194 e. The Hall–Kier alpha value is -1.41. The second-order valence-corrected chi connectivity index (χ2v) is 3.46. The Labute approximate surface area is 83.9 Å². The van der Waals surface area contributed by atoms with Crippen LogP contribution >= 0.6 is 0 Å². The molecule has 1 N–H and O–H groups in total. The summed E-state index contributed by atoms with van der Waals surface area (Å²) in [5.41, 5.74) is -0.817. The van der Waals surface area contributed by atoms with Crippen LogP contribution in [0.2, 0.25) is 0 Å². The Balaban J connectivity index is 2.90. The lowest BCUT2D eigenvalue weighted by Crippen LogP contribution is -2.34. The third-order valence-electron chi connectivity index (χ3n) is 2.07. The quantitative estimate of drug-likeness (QED) is 0.583. The van der Waals surface area contributed by atoms with Crippen molar-refractivity contribution >= 4 is 5.78 Å². The molecule has 2 nitrogen and oxygen atoms in total. The van der Waals surface area contributed by atoms with E-state index in [4.69, 9.17) is 0 Å². The van der Waals surface area contributed by atoms with E-state index in [1.807, 2.05) is 6.07 Å². The highest BCUT2D eigenvalue weighted by Gasteiger charge is 2.29. The van der Waals surface area contributed by atoms with E-state index in [9.17, 15) is 9.90 Å². The minimum absolute atomic E-state index is 0.265. The van der Waals surface area contributed by atoms with Gasteiger partial charge in [-0.2, -0.15) is 0 Å². The highest BCUT2D eigenvalue weighted by Crippen LogP contribution is 2.17. The highest BCUT2D eigenvalue weighted by molar-refractivity contribution is 6.02. The number of Topliss-reactive ketones (excluding diaryl/α,β-unsaturated/α-hetero) is 1. The fourth-order valence-electron chi connectivity index (χ4n) is 1.27. The SMILES string of the molecule is C=CC[C@@](C)(O)C(=O)c1ccccc1. The predicted molar refractivity (Wildman–Crippen MR) is 56.2 cm³/mol. The number of aliphatic hydroxyl groups is 1. The Morgan fingerprint density at radius 3 is 2.57 bits per heavy atom. The standard InChI is InChI=1S/C12H14O2/c1-3-9-12(2,14)11(13)10-7-5-4-6-8-10/h3-8,14H,1,9H2,2H3/t12-/m1/s1. The van der Waals surface area contributed by atoms with Crippen LogP contribution in [0, 0.1) is 0 Å². The van der Waals surface area contributed by atoms with Gasteiger partial charge < -0.3 is 5.11 Å². The molecule has 0 saturated heterocycles. The summed E-state index contributed by atoms with van der Waals surface area (Å²) in [6.45, 7) is 5.01. The second-order valence-electron chi connectivity index (χ2n) is 3.46. The molecular weight excluding hydrogens is 176 g/mol. The van der Waals surface area contributed by atoms with Crippen LogP contribution in [0.1, 0.15) is 23.7 Å². The van der Waals surface area contributed by atoms with Gasteiger partial charge in [-0.05, 0) is 6.92 Å². The number of benzene rings is 1. The molecule has 1 aromatic carbocycles. The largest absolute Gasteiger partial charge is 0.382 e. The molecule has 0 unspecified atom stereocenters. The topological polar surface area (TPSA) is 37.3 Å². The van der Waals surface area contributed by atoms with Gasteiger partial charge in [0.1, 0.15) is 5.60 Å². The van der Waals surface area contributed by atoms with Crippen LogP contribution < -0.4 is 0 Å². The monoisotopic (exact) mass is 190 g/mol. The van der Waals surface area contributed by atoms with Crippen LogP contribution in [0.3, 0.4) is 0 Å². The maximum absolute atomic E-state index is 11.8. The minimum atomic E-state index is -1.34. The Bertz CT molecular complexity index is 325. The zero-order valence-corrected chi connectivity index (χ0v) is 8.23. The number of carbonyl (C=O) groups excluding carboxylic acids is 1. The number of carbonyl (C=O) groups is 1. The van der Waals surface area contributed by atoms with Crippen LogP contribution in [0.4, 0.5) is 0 Å². The Kier molecular flexibility index (Phi) is 3.20. The third kappa shape index (κ3) is 2.30. The van der Waals surface area contributed by atoms with Gasteiger partial charge in [0.05, 0.1) is 0 Å². The summed E-state index contributed by atoms with van der Waals surface area (Å²) in [5.74, 6) is -0.266. The van der Waals surface area contributed by atoms with Gasteiger partial charge in [0.2, 0.25) is 0 Å². The lowest BCUT2D eigenvalue weighted by molar-refractivity contribution is 0.0421. The lowest BCUT2D eigenvalue weighted by atomic mass is 9.92. The first-order valence-electron chi connectivity index (χ1n) is 4.51. The molecule has 1 atom stereocenters. The third-order valence-corrected chi connectivity index (χ3v) is 2.07. The summed E-state index contributed by atoms with van der Waals surface area (Å²) in [6.07, 6.45) is 1.81. The molecular formula is C12H14O2. The van der Waals surface area contributed by atoms with E-state index in [-0.39, 0.29) is 12.2 Å². The van der Waals surface area contributed by atoms with Crippen molar-refractivity contribution in [1.29, 1.82) is 0 Å². The van der Waals surface area contributed by atoms with Crippen LogP contribution in [0.5, 0.6) is 0 Å². The van der Waals surface area contributed by atoms with Crippen molar-refractivity contribution in [3.05, 3.63) is 48.6 Å². The molecule has 0 bridgehead atoms. The Morgan fingerprint density at radius 2 is 2.07 bits per heavy atom. The maximum atomic E-state index is 11.8. The average molecular weight is 190 g/mol. The Morgan fingerprint density at radius 1 is 1.50 bits per heavy atom. The molecule has 0 saturated carbocycles. The molecule has 74 valence electrons. The summed E-state index contributed by atoms with van der Waals surface area (Å²) in [6, 6.07) is 8.77. The zero-order valence-electron chi connectivity index (χ0n) is 8.23. The molecule has 0 aliphatic heterocycles. The molecule has 0 aromatic heterocycles. The van der Waals surface area contributed by atoms with E-state index in [1.165, 1.54) is 6.92 Å². The van der Waals surface area contributed by atoms with E-state index in [2.05, 4.69) is 6.58 Å². The van der Waals surface area contributed by atoms with E-state index in [1.54, 1.807) is 30.3 Å². The summed E-state index contributed by atoms with van der Waals surface area (Å²) < 4.78 is 0. The molecule has 0 fully saturated rings. The van der Waals surface area contributed by atoms with Crippen LogP contribution in [-0.4, -0.2) is 16.5 Å². The first kappa shape index (κ1) is 10.7. The van der Waals surface area contributed by atoms with Gasteiger partial charge in [0, 0.05) is 12.0 Å². The summed E-state index contributed by atoms with van der Waals surface area (Å²) in [5, 5.41) is 9.82. The molecule has 0 radical (unpaired) electrons. The van der Waals surface area contributed by atoms with Crippen LogP contribution in [0.15, 0.2) is 43.0 Å². The van der Waals surface area contributed by atoms with Crippen molar-refractivity contribution < 1.29 is 9.90 Å². The van der Waals surface area contributed by atoms with E-state index >= 15 is 0 Å². The summed E-state index contributed by atoms with van der Waals surface area (Å²) >= 11 is 0. The van der Waals surface area contributed by atoms with Crippen LogP contribution in [0.25, 0.3) is 0 Å². The second kappa shape index (κ2) is 4.20. The minimum Gasteiger partial charge on any atom is -0.382 e. The summed E-state index contributed by atoms with van der Waals surface area (Å²) in [7, 11) is 0. The van der Waals surface area contributed by atoms with Crippen molar-refractivity contribution in [1.82, 2.24) is 0 Å². The molecule has 1 rings (SSSR count). The first-order valence-corrected chi connectivity index (χ1v) is 4.51. The molecule has 1 aromatic rings. The van der Waals surface area contributed by atoms with Gasteiger partial charge in [-0.1, -0.05) is 36.4 Å². The number of hydrogen-bond acceptors (Lipinski definition) is 2. The van der Waals surface area contributed by atoms with Crippen LogP contribution in [-0.2, 0) is 0 Å². The first-order chi connectivity index (χ1) is 6.58. The maximum Gasteiger partial charge on any atom is 0.194 e. The van der Waals surface area contributed by atoms with Gasteiger partial charge in [0.25, 0.3) is 0 Å². The molecule has 0 amide bonds. The van der Waals surface area contributed by atoms with Crippen molar-refractivity contribution in [3.63, 3.8) is 0 Å². The lowest BCUT2D eigenvalue weighted by Gasteiger charge is -2.19. The van der Waals surface area contributed by atoms with E-state index in [0.717, 1.165) is 0 Å². The fourth-order valence-corrected chi connectivity index (χ4v) is 1.27. The van der Waals surface area contributed by atoms with Crippen molar-refractivity contribution in [2.75, 3.05) is 0 Å². The highest BCUT2D eigenvalue weighted by atomic mass is 16.3. The van der Waals surface area contributed by atoms with E-state index in [0.29, 0.717) is 5.56 Å². The molecule has 0 aliphatic rings. The number of ketones is 1.